The molecule has 6 nitrogen and oxygen atoms in total. The fourth-order valence-electron chi connectivity index (χ4n) is 2.85. The number of aromatic nitrogens is 2. The van der Waals surface area contributed by atoms with Gasteiger partial charge in [-0.1, -0.05) is 23.5 Å². The summed E-state index contributed by atoms with van der Waals surface area (Å²) in [5.41, 5.74) is 2.45. The number of methoxy groups -OCH3 is 2. The lowest BCUT2D eigenvalue weighted by molar-refractivity contribution is 0.0946. The van der Waals surface area contributed by atoms with Gasteiger partial charge < -0.3 is 14.8 Å². The van der Waals surface area contributed by atoms with Crippen LogP contribution in [0.4, 0.5) is 0 Å². The molecule has 2 aromatic carbocycles. The molecule has 0 spiro atoms. The minimum atomic E-state index is -0.204. The number of amides is 1. The Hall–Kier alpha value is -3.32. The number of rotatable bonds is 6. The fourth-order valence-corrected chi connectivity index (χ4v) is 3.82. The molecule has 0 aliphatic heterocycles. The second-order valence-electron chi connectivity index (χ2n) is 6.17. The number of carbonyl (C=O) groups is 1. The number of hydrogen-bond donors (Lipinski definition) is 1. The second-order valence-corrected chi connectivity index (χ2v) is 7.18. The summed E-state index contributed by atoms with van der Waals surface area (Å²) in [7, 11) is 3.27. The lowest BCUT2D eigenvalue weighted by Crippen LogP contribution is -2.23. The molecule has 142 valence electrons. The summed E-state index contributed by atoms with van der Waals surface area (Å²) in [5, 5.41) is 2.90. The Labute approximate surface area is 166 Å². The van der Waals surface area contributed by atoms with Crippen molar-refractivity contribution in [1.29, 1.82) is 0 Å². The van der Waals surface area contributed by atoms with E-state index in [0.717, 1.165) is 32.5 Å². The highest BCUT2D eigenvalue weighted by atomic mass is 32.1. The van der Waals surface area contributed by atoms with Crippen molar-refractivity contribution in [3.05, 3.63) is 72.2 Å². The van der Waals surface area contributed by atoms with E-state index in [1.165, 1.54) is 11.3 Å². The van der Waals surface area contributed by atoms with E-state index in [1.54, 1.807) is 20.4 Å². The van der Waals surface area contributed by atoms with E-state index in [4.69, 9.17) is 9.47 Å². The highest BCUT2D eigenvalue weighted by molar-refractivity contribution is 7.20. The summed E-state index contributed by atoms with van der Waals surface area (Å²) in [4.78, 5) is 18.7. The van der Waals surface area contributed by atoms with Crippen molar-refractivity contribution < 1.29 is 14.3 Å². The molecule has 0 aliphatic carbocycles. The van der Waals surface area contributed by atoms with Crippen LogP contribution >= 0.6 is 11.3 Å². The number of nitrogens with zero attached hydrogens (tertiary/aromatic N) is 2. The first-order valence-electron chi connectivity index (χ1n) is 8.70. The van der Waals surface area contributed by atoms with E-state index in [1.807, 2.05) is 59.1 Å². The normalized spacial score (nSPS) is 10.8. The van der Waals surface area contributed by atoms with Crippen molar-refractivity contribution in [2.45, 2.75) is 6.54 Å². The van der Waals surface area contributed by atoms with Crippen LogP contribution in [0.25, 0.3) is 15.4 Å². The maximum absolute atomic E-state index is 12.4. The molecule has 0 radical (unpaired) electrons. The molecule has 28 heavy (non-hydrogen) atoms. The van der Waals surface area contributed by atoms with Crippen LogP contribution in [0.1, 0.15) is 16.1 Å². The number of hydrogen-bond acceptors (Lipinski definition) is 5. The summed E-state index contributed by atoms with van der Waals surface area (Å²) in [6, 6.07) is 15.5. The van der Waals surface area contributed by atoms with Crippen molar-refractivity contribution in [1.82, 2.24) is 14.7 Å². The van der Waals surface area contributed by atoms with E-state index < -0.39 is 0 Å². The molecule has 0 bridgehead atoms. The quantitative estimate of drug-likeness (QED) is 0.538. The summed E-state index contributed by atoms with van der Waals surface area (Å²) in [6.07, 6.45) is 3.73. The molecule has 0 aliphatic rings. The van der Waals surface area contributed by atoms with Crippen LogP contribution in [-0.2, 0) is 6.54 Å². The maximum Gasteiger partial charge on any atom is 0.271 e. The van der Waals surface area contributed by atoms with Crippen molar-refractivity contribution in [3.8, 4) is 21.9 Å². The zero-order chi connectivity index (χ0) is 19.5. The van der Waals surface area contributed by atoms with Crippen LogP contribution in [0.3, 0.4) is 0 Å². The van der Waals surface area contributed by atoms with E-state index in [9.17, 15) is 4.79 Å². The Balaban J connectivity index is 1.46. The molecule has 0 fully saturated rings. The summed E-state index contributed by atoms with van der Waals surface area (Å²) in [6.45, 7) is 0.415. The topological polar surface area (TPSA) is 64.9 Å². The van der Waals surface area contributed by atoms with Gasteiger partial charge in [0.05, 0.1) is 19.1 Å². The zero-order valence-electron chi connectivity index (χ0n) is 15.5. The van der Waals surface area contributed by atoms with Crippen LogP contribution < -0.4 is 14.8 Å². The van der Waals surface area contributed by atoms with Crippen LogP contribution in [0.15, 0.2) is 60.9 Å². The highest BCUT2D eigenvalue weighted by Gasteiger charge is 2.13. The third-order valence-electron chi connectivity index (χ3n) is 4.35. The molecule has 0 unspecified atom stereocenters. The van der Waals surface area contributed by atoms with Gasteiger partial charge in [0.2, 0.25) is 0 Å². The standard InChI is InChI=1S/C21H19N3O3S/c1-26-16-8-6-15(7-9-16)19-13-24-12-18(23-21(24)28-19)20(25)22-11-14-4-3-5-17(10-14)27-2/h3-10,12-13H,11H2,1-2H3,(H,22,25). The van der Waals surface area contributed by atoms with Gasteiger partial charge in [-0.15, -0.1) is 0 Å². The van der Waals surface area contributed by atoms with Gasteiger partial charge in [-0.05, 0) is 47.5 Å². The Bertz CT molecular complexity index is 1080. The van der Waals surface area contributed by atoms with Crippen LogP contribution in [0, 0.1) is 0 Å². The molecule has 1 amide bonds. The third kappa shape index (κ3) is 3.70. The van der Waals surface area contributed by atoms with Crippen molar-refractivity contribution in [2.75, 3.05) is 14.2 Å². The van der Waals surface area contributed by atoms with Crippen LogP contribution in [0.5, 0.6) is 11.5 Å². The monoisotopic (exact) mass is 393 g/mol. The second kappa shape index (κ2) is 7.74. The lowest BCUT2D eigenvalue weighted by Gasteiger charge is -2.05. The molecule has 4 rings (SSSR count). The van der Waals surface area contributed by atoms with E-state index in [0.29, 0.717) is 12.2 Å². The number of ether oxygens (including phenoxy) is 2. The summed E-state index contributed by atoms with van der Waals surface area (Å²) in [5.74, 6) is 1.38. The van der Waals surface area contributed by atoms with Crippen LogP contribution in [0.2, 0.25) is 0 Å². The van der Waals surface area contributed by atoms with Crippen LogP contribution in [-0.4, -0.2) is 29.5 Å². The van der Waals surface area contributed by atoms with Crippen molar-refractivity contribution >= 4 is 22.2 Å². The first-order valence-corrected chi connectivity index (χ1v) is 9.52. The third-order valence-corrected chi connectivity index (χ3v) is 5.40. The average molecular weight is 393 g/mol. The smallest absolute Gasteiger partial charge is 0.271 e. The Morgan fingerprint density at radius 1 is 1.07 bits per heavy atom. The molecule has 0 saturated heterocycles. The van der Waals surface area contributed by atoms with Gasteiger partial charge in [-0.3, -0.25) is 9.20 Å². The maximum atomic E-state index is 12.4. The number of imidazole rings is 1. The molecule has 1 N–H and O–H groups in total. The highest BCUT2D eigenvalue weighted by Crippen LogP contribution is 2.29. The van der Waals surface area contributed by atoms with Gasteiger partial charge in [0.15, 0.2) is 4.96 Å². The van der Waals surface area contributed by atoms with E-state index >= 15 is 0 Å². The number of thiazole rings is 1. The van der Waals surface area contributed by atoms with Gasteiger partial charge in [-0.25, -0.2) is 4.98 Å². The van der Waals surface area contributed by atoms with E-state index in [-0.39, 0.29) is 5.91 Å². The SMILES string of the molecule is COc1ccc(-c2cn3cc(C(=O)NCc4cccc(OC)c4)nc3s2)cc1. The predicted octanol–water partition coefficient (Wildman–Crippen LogP) is 4.01. The number of fused-ring (bicyclic) bond motifs is 1. The molecule has 2 aromatic heterocycles. The van der Waals surface area contributed by atoms with Gasteiger partial charge in [0.25, 0.3) is 5.91 Å². The molecule has 0 saturated carbocycles. The van der Waals surface area contributed by atoms with Crippen molar-refractivity contribution in [3.63, 3.8) is 0 Å². The first kappa shape index (κ1) is 18.1. The summed E-state index contributed by atoms with van der Waals surface area (Å²) >= 11 is 1.54. The first-order chi connectivity index (χ1) is 13.7. The molecular formula is C21H19N3O3S. The van der Waals surface area contributed by atoms with Crippen molar-refractivity contribution in [2.24, 2.45) is 0 Å². The molecular weight excluding hydrogens is 374 g/mol. The average Bonchev–Trinajstić information content (AvgIpc) is 3.32. The lowest BCUT2D eigenvalue weighted by atomic mass is 10.2. The van der Waals surface area contributed by atoms with Gasteiger partial charge in [0, 0.05) is 18.9 Å². The Morgan fingerprint density at radius 3 is 2.57 bits per heavy atom. The van der Waals surface area contributed by atoms with Gasteiger partial charge in [-0.2, -0.15) is 0 Å². The molecule has 0 atom stereocenters. The predicted molar refractivity (Wildman–Crippen MR) is 109 cm³/mol. The molecule has 4 aromatic rings. The van der Waals surface area contributed by atoms with Gasteiger partial charge >= 0.3 is 0 Å². The van der Waals surface area contributed by atoms with E-state index in [2.05, 4.69) is 10.3 Å². The minimum Gasteiger partial charge on any atom is -0.497 e. The summed E-state index contributed by atoms with van der Waals surface area (Å²) < 4.78 is 12.3. The Morgan fingerprint density at radius 2 is 1.86 bits per heavy atom. The fraction of sp³-hybridized carbons (Fsp3) is 0.143. The number of benzene rings is 2. The van der Waals surface area contributed by atoms with Gasteiger partial charge in [0.1, 0.15) is 17.2 Å². The Kier molecular flexibility index (Phi) is 4.99. The zero-order valence-corrected chi connectivity index (χ0v) is 16.3. The number of carbonyl (C=O) groups excluding carboxylic acids is 1. The molecule has 7 heteroatoms. The largest absolute Gasteiger partial charge is 0.497 e. The number of nitrogens with one attached hydrogen (secondary N) is 1. The minimum absolute atomic E-state index is 0.204. The molecule has 2 heterocycles.